The number of unbranched alkanes of at least 4 members (excludes halogenated alkanes) is 2. The number of hydrogen-bond acceptors (Lipinski definition) is 2. The highest BCUT2D eigenvalue weighted by atomic mass is 16.3. The molecule has 33 heavy (non-hydrogen) atoms. The van der Waals surface area contributed by atoms with Crippen molar-refractivity contribution in [2.24, 2.45) is 16.2 Å². The molecule has 2 N–H and O–H groups in total. The number of aromatic hydroxyl groups is 1. The zero-order valence-corrected chi connectivity index (χ0v) is 23.1. The molecule has 0 saturated carbocycles. The lowest BCUT2D eigenvalue weighted by atomic mass is 9.65. The molecule has 0 unspecified atom stereocenters. The van der Waals surface area contributed by atoms with Gasteiger partial charge in [-0.3, -0.25) is 0 Å². The Morgan fingerprint density at radius 2 is 1.55 bits per heavy atom. The summed E-state index contributed by atoms with van der Waals surface area (Å²) in [6.45, 7) is 20.5. The summed E-state index contributed by atoms with van der Waals surface area (Å²) in [4.78, 5) is 0. The van der Waals surface area contributed by atoms with Crippen LogP contribution in [0, 0.1) is 16.2 Å². The second-order valence-electron chi connectivity index (χ2n) is 11.9. The van der Waals surface area contributed by atoms with Crippen LogP contribution in [0.2, 0.25) is 0 Å². The fourth-order valence-corrected chi connectivity index (χ4v) is 4.11. The minimum Gasteiger partial charge on any atom is -0.507 e. The van der Waals surface area contributed by atoms with Crippen molar-refractivity contribution in [3.05, 3.63) is 52.6 Å². The van der Waals surface area contributed by atoms with Gasteiger partial charge >= 0.3 is 0 Å². The molecule has 0 aromatic heterocycles. The molecule has 188 valence electrons. The largest absolute Gasteiger partial charge is 0.507 e. The molecule has 0 saturated heterocycles. The molecule has 0 amide bonds. The quantitative estimate of drug-likeness (QED) is 0.217. The predicted molar refractivity (Wildman–Crippen MR) is 145 cm³/mol. The number of aliphatic hydroxyl groups excluding tert-OH is 1. The lowest BCUT2D eigenvalue weighted by Gasteiger charge is -2.39. The van der Waals surface area contributed by atoms with Gasteiger partial charge in [0.25, 0.3) is 0 Å². The van der Waals surface area contributed by atoms with Crippen LogP contribution >= 0.6 is 0 Å². The number of phenolic OH excluding ortho intramolecular Hbond substituents is 1. The van der Waals surface area contributed by atoms with Gasteiger partial charge in [-0.15, -0.1) is 0 Å². The van der Waals surface area contributed by atoms with E-state index in [1.54, 1.807) is 0 Å². The topological polar surface area (TPSA) is 40.5 Å². The van der Waals surface area contributed by atoms with Crippen LogP contribution in [-0.2, 0) is 12.8 Å². The van der Waals surface area contributed by atoms with Crippen molar-refractivity contribution >= 4 is 0 Å². The molecule has 2 heteroatoms. The monoisotopic (exact) mass is 456 g/mol. The Balaban J connectivity index is 3.30. The summed E-state index contributed by atoms with van der Waals surface area (Å²) in [6, 6.07) is 6.06. The van der Waals surface area contributed by atoms with E-state index in [0.717, 1.165) is 48.8 Å². The van der Waals surface area contributed by atoms with Gasteiger partial charge in [-0.2, -0.15) is 0 Å². The molecule has 0 bridgehead atoms. The first-order valence-electron chi connectivity index (χ1n) is 13.1. The predicted octanol–water partition coefficient (Wildman–Crippen LogP) is 8.80. The number of hydrogen-bond donors (Lipinski definition) is 2. The van der Waals surface area contributed by atoms with Crippen LogP contribution in [0.5, 0.6) is 5.75 Å². The van der Waals surface area contributed by atoms with Crippen molar-refractivity contribution in [2.45, 2.75) is 114 Å². The molecule has 0 spiro atoms. The Labute approximate surface area is 205 Å². The third-order valence-electron chi connectivity index (χ3n) is 8.08. The van der Waals surface area contributed by atoms with Gasteiger partial charge in [-0.25, -0.2) is 0 Å². The smallest absolute Gasteiger partial charge is 0.122 e. The van der Waals surface area contributed by atoms with Gasteiger partial charge < -0.3 is 10.2 Å². The van der Waals surface area contributed by atoms with E-state index in [-0.39, 0.29) is 22.9 Å². The van der Waals surface area contributed by atoms with E-state index < -0.39 is 0 Å². The highest BCUT2D eigenvalue weighted by Crippen LogP contribution is 2.43. The first-order chi connectivity index (χ1) is 15.3. The number of benzene rings is 1. The minimum atomic E-state index is 0.00678. The first kappa shape index (κ1) is 29.5. The highest BCUT2D eigenvalue weighted by molar-refractivity contribution is 5.43. The normalized spacial score (nSPS) is 14.1. The van der Waals surface area contributed by atoms with Gasteiger partial charge in [0.15, 0.2) is 0 Å². The number of aliphatic hydroxyl groups is 1. The summed E-state index contributed by atoms with van der Waals surface area (Å²) < 4.78 is 0. The molecule has 1 aromatic rings. The number of phenols is 1. The SMILES string of the molecule is CCCCCC(=C/C(C)(C)C(C)(C)CC)/C=C(\CO)Cc1cccc(CC(C)(C)CC)c1O. The zero-order valence-electron chi connectivity index (χ0n) is 23.1. The van der Waals surface area contributed by atoms with E-state index >= 15 is 0 Å². The summed E-state index contributed by atoms with van der Waals surface area (Å²) >= 11 is 0. The summed E-state index contributed by atoms with van der Waals surface area (Å²) in [7, 11) is 0. The van der Waals surface area contributed by atoms with Crippen LogP contribution in [-0.4, -0.2) is 16.8 Å². The average Bonchev–Trinajstić information content (AvgIpc) is 2.75. The Hall–Kier alpha value is -1.54. The van der Waals surface area contributed by atoms with Gasteiger partial charge in [0.05, 0.1) is 6.61 Å². The summed E-state index contributed by atoms with van der Waals surface area (Å²) in [5, 5.41) is 21.2. The molecule has 2 nitrogen and oxygen atoms in total. The number of allylic oxidation sites excluding steroid dienone is 3. The molecule has 0 radical (unpaired) electrons. The van der Waals surface area contributed by atoms with Crippen LogP contribution in [0.15, 0.2) is 41.5 Å². The van der Waals surface area contributed by atoms with Gasteiger partial charge in [-0.05, 0) is 58.6 Å². The van der Waals surface area contributed by atoms with E-state index in [1.807, 2.05) is 18.2 Å². The van der Waals surface area contributed by atoms with Gasteiger partial charge in [-0.1, -0.05) is 124 Å². The molecule has 0 atom stereocenters. The fourth-order valence-electron chi connectivity index (χ4n) is 4.11. The minimum absolute atomic E-state index is 0.00678. The van der Waals surface area contributed by atoms with Crippen LogP contribution in [0.1, 0.15) is 112 Å². The molecular formula is C31H52O2. The van der Waals surface area contributed by atoms with Crippen LogP contribution in [0.4, 0.5) is 0 Å². The second kappa shape index (κ2) is 12.8. The third kappa shape index (κ3) is 8.96. The van der Waals surface area contributed by atoms with Crippen molar-refractivity contribution in [3.8, 4) is 5.75 Å². The van der Waals surface area contributed by atoms with Gasteiger partial charge in [0.2, 0.25) is 0 Å². The number of para-hydroxylation sites is 1. The molecule has 1 rings (SSSR count). The van der Waals surface area contributed by atoms with Crippen LogP contribution in [0.25, 0.3) is 0 Å². The van der Waals surface area contributed by atoms with Crippen molar-refractivity contribution in [3.63, 3.8) is 0 Å². The van der Waals surface area contributed by atoms with Crippen molar-refractivity contribution in [1.29, 1.82) is 0 Å². The van der Waals surface area contributed by atoms with E-state index in [2.05, 4.69) is 74.5 Å². The average molecular weight is 457 g/mol. The maximum Gasteiger partial charge on any atom is 0.122 e. The second-order valence-corrected chi connectivity index (χ2v) is 11.9. The first-order valence-corrected chi connectivity index (χ1v) is 13.1. The maximum atomic E-state index is 11.0. The molecular weight excluding hydrogens is 404 g/mol. The van der Waals surface area contributed by atoms with E-state index in [1.165, 1.54) is 18.4 Å². The third-order valence-corrected chi connectivity index (χ3v) is 8.08. The van der Waals surface area contributed by atoms with E-state index in [4.69, 9.17) is 0 Å². The summed E-state index contributed by atoms with van der Waals surface area (Å²) in [6.07, 6.45) is 12.8. The Kier molecular flexibility index (Phi) is 11.4. The van der Waals surface area contributed by atoms with Crippen molar-refractivity contribution < 1.29 is 10.2 Å². The Morgan fingerprint density at radius 3 is 2.09 bits per heavy atom. The number of rotatable bonds is 14. The molecule has 0 heterocycles. The molecule has 0 aliphatic heterocycles. The summed E-state index contributed by atoms with van der Waals surface area (Å²) in [5.41, 5.74) is 4.57. The standard InChI is InChI=1S/C31H52O2/c1-10-13-14-16-24(21-31(8,9)30(6,7)12-3)19-25(23-32)20-26-17-15-18-27(28(26)33)22-29(4,5)11-2/h15,17-19,21,32-33H,10-14,16,20,22-23H2,1-9H3/b24-21-,25-19-. The molecule has 1 aromatic carbocycles. The van der Waals surface area contributed by atoms with E-state index in [0.29, 0.717) is 12.2 Å². The Morgan fingerprint density at radius 1 is 0.909 bits per heavy atom. The van der Waals surface area contributed by atoms with E-state index in [9.17, 15) is 10.2 Å². The molecule has 0 aliphatic rings. The fraction of sp³-hybridized carbons (Fsp3) is 0.677. The Bertz CT molecular complexity index is 793. The maximum absolute atomic E-state index is 11.0. The van der Waals surface area contributed by atoms with Crippen molar-refractivity contribution in [2.75, 3.05) is 6.61 Å². The van der Waals surface area contributed by atoms with Crippen LogP contribution in [0.3, 0.4) is 0 Å². The highest BCUT2D eigenvalue weighted by Gasteiger charge is 2.33. The zero-order chi connectivity index (χ0) is 25.3. The van der Waals surface area contributed by atoms with Crippen LogP contribution < -0.4 is 0 Å². The summed E-state index contributed by atoms with van der Waals surface area (Å²) in [5.74, 6) is 0.391. The molecule has 0 fully saturated rings. The van der Waals surface area contributed by atoms with Gasteiger partial charge in [0, 0.05) is 0 Å². The lowest BCUT2D eigenvalue weighted by molar-refractivity contribution is 0.158. The lowest BCUT2D eigenvalue weighted by Crippen LogP contribution is -2.30. The van der Waals surface area contributed by atoms with Gasteiger partial charge in [0.1, 0.15) is 5.75 Å². The molecule has 0 aliphatic carbocycles. The van der Waals surface area contributed by atoms with Crippen molar-refractivity contribution in [1.82, 2.24) is 0 Å².